The summed E-state index contributed by atoms with van der Waals surface area (Å²) in [5, 5.41) is 21.7. The van der Waals surface area contributed by atoms with Gasteiger partial charge in [0.15, 0.2) is 11.7 Å². The number of hydrogen-bond acceptors (Lipinski definition) is 11. The molecule has 1 aliphatic heterocycles. The van der Waals surface area contributed by atoms with Gasteiger partial charge in [0.1, 0.15) is 17.6 Å². The highest BCUT2D eigenvalue weighted by Gasteiger charge is 2.59. The van der Waals surface area contributed by atoms with E-state index in [1.54, 1.807) is 34.6 Å². The number of likely N-dealkylation sites (tertiary alicyclic amines) is 1. The van der Waals surface area contributed by atoms with E-state index in [1.165, 1.54) is 66.7 Å². The number of carboxylic acid groups (broad SMARTS) is 1. The van der Waals surface area contributed by atoms with Crippen molar-refractivity contribution in [2.24, 2.45) is 17.6 Å². The molecule has 17 heteroatoms. The number of benzene rings is 3. The van der Waals surface area contributed by atoms with E-state index >= 15 is 4.79 Å². The maximum Gasteiger partial charge on any atom is 0.434 e. The number of oxazole rings is 1. The SMILES string of the molecule is CC(C)C(N)C(=O)[N@+]1(C(=O)N(C(=O)c2ccc(C(=O)NS(=O)(=O)c3ccc(Cl)cc3)cc2)C(C(C)C)C(O)c2nc3cc(C(=O)O)ccc3o2)CCCC1C. The maximum atomic E-state index is 15.2. The van der Waals surface area contributed by atoms with Crippen LogP contribution in [-0.2, 0) is 14.8 Å². The number of imide groups is 2. The molecule has 0 saturated carbocycles. The average Bonchev–Trinajstić information content (AvgIpc) is 3.75. The zero-order chi connectivity index (χ0) is 40.6. The summed E-state index contributed by atoms with van der Waals surface area (Å²) in [7, 11) is -4.29. The van der Waals surface area contributed by atoms with Crippen LogP contribution in [0, 0.1) is 11.8 Å². The number of aliphatic hydroxyl groups excluding tert-OH is 1. The number of hydrogen-bond donors (Lipinski definition) is 4. The number of quaternary nitrogens is 1. The molecule has 1 aliphatic rings. The van der Waals surface area contributed by atoms with Gasteiger partial charge in [-0.25, -0.2) is 37.4 Å². The van der Waals surface area contributed by atoms with Crippen LogP contribution in [0.25, 0.3) is 11.1 Å². The molecule has 5 N–H and O–H groups in total. The van der Waals surface area contributed by atoms with Crippen LogP contribution in [0.3, 0.4) is 0 Å². The number of aromatic carboxylic acids is 1. The third-order valence-electron chi connectivity index (χ3n) is 10.0. The molecule has 1 aromatic heterocycles. The highest BCUT2D eigenvalue weighted by molar-refractivity contribution is 7.90. The molecule has 0 radical (unpaired) electrons. The van der Waals surface area contributed by atoms with Crippen molar-refractivity contribution in [3.05, 3.63) is 94.3 Å². The monoisotopic (exact) mass is 796 g/mol. The molecule has 0 aliphatic carbocycles. The zero-order valence-corrected chi connectivity index (χ0v) is 32.4. The minimum Gasteiger partial charge on any atom is -0.478 e. The first-order valence-corrected chi connectivity index (χ1v) is 19.5. The fourth-order valence-electron chi connectivity index (χ4n) is 6.79. The number of nitrogens with two attached hydrogens (primary N) is 1. The molecule has 2 heterocycles. The summed E-state index contributed by atoms with van der Waals surface area (Å²) in [4.78, 5) is 73.7. The number of urea groups is 1. The number of aromatic nitrogens is 1. The number of nitrogens with one attached hydrogen (secondary N) is 1. The molecule has 0 spiro atoms. The smallest absolute Gasteiger partial charge is 0.434 e. The number of carbonyl (C=O) groups excluding carboxylic acids is 4. The van der Waals surface area contributed by atoms with Crippen molar-refractivity contribution in [3.8, 4) is 0 Å². The molecule has 4 unspecified atom stereocenters. The van der Waals surface area contributed by atoms with Gasteiger partial charge in [-0.1, -0.05) is 39.3 Å². The molecule has 55 heavy (non-hydrogen) atoms. The number of sulfonamides is 1. The number of carboxylic acids is 1. The number of aliphatic hydroxyl groups is 1. The number of nitrogens with zero attached hydrogens (tertiary/aromatic N) is 3. The molecule has 5 amide bonds. The number of amides is 5. The highest BCUT2D eigenvalue weighted by Crippen LogP contribution is 2.37. The summed E-state index contributed by atoms with van der Waals surface area (Å²) >= 11 is 5.86. The van der Waals surface area contributed by atoms with Crippen molar-refractivity contribution in [2.45, 2.75) is 76.6 Å². The standard InChI is InChI=1S/C38H42ClN5O10S/c1-20(2)30(40)36(48)44(18-6-7-22(44)5)38(51)43(31(21(3)4)32(45)34-41-28-19-25(37(49)50)12-17-29(28)54-34)35(47)24-10-8-23(9-11-24)33(46)42-55(52,53)27-15-13-26(39)14-16-27/h8-17,19-22,30-32,45H,6-7,18,40H2,1-5H3,(H-,42,46,49,50)/p+1/t22?,30?,31?,32?,44-/m0/s1. The summed E-state index contributed by atoms with van der Waals surface area (Å²) in [5.41, 5.74) is 6.31. The second-order valence-electron chi connectivity index (χ2n) is 14.3. The zero-order valence-electron chi connectivity index (χ0n) is 30.8. The van der Waals surface area contributed by atoms with Crippen LogP contribution in [0.1, 0.15) is 90.5 Å². The minimum absolute atomic E-state index is 0.0476. The molecule has 3 aromatic carbocycles. The van der Waals surface area contributed by atoms with Crippen molar-refractivity contribution in [3.63, 3.8) is 0 Å². The van der Waals surface area contributed by atoms with Crippen LogP contribution in [0.5, 0.6) is 0 Å². The van der Waals surface area contributed by atoms with E-state index in [0.29, 0.717) is 17.9 Å². The van der Waals surface area contributed by atoms with E-state index in [2.05, 4.69) is 4.98 Å². The Morgan fingerprint density at radius 1 is 0.945 bits per heavy atom. The number of rotatable bonds is 11. The molecule has 5 rings (SSSR count). The molecular weight excluding hydrogens is 754 g/mol. The summed E-state index contributed by atoms with van der Waals surface area (Å²) in [6.07, 6.45) is -0.817. The summed E-state index contributed by atoms with van der Waals surface area (Å²) in [5.74, 6) is -5.06. The predicted molar refractivity (Wildman–Crippen MR) is 200 cm³/mol. The first kappa shape index (κ1) is 41.2. The lowest BCUT2D eigenvalue weighted by molar-refractivity contribution is -0.789. The average molecular weight is 797 g/mol. The van der Waals surface area contributed by atoms with Crippen LogP contribution < -0.4 is 10.5 Å². The Labute approximate surface area is 322 Å². The van der Waals surface area contributed by atoms with Crippen LogP contribution in [0.15, 0.2) is 76.0 Å². The molecule has 1 fully saturated rings. The summed E-state index contributed by atoms with van der Waals surface area (Å²) in [6, 6.07) is 9.98. The van der Waals surface area contributed by atoms with E-state index < -0.39 is 74.4 Å². The van der Waals surface area contributed by atoms with Gasteiger partial charge in [-0.2, -0.15) is 4.48 Å². The Balaban J connectivity index is 1.58. The molecular formula is C38H43ClN5O10S+. The van der Waals surface area contributed by atoms with Gasteiger partial charge >= 0.3 is 17.9 Å². The van der Waals surface area contributed by atoms with E-state index in [0.717, 1.165) is 4.90 Å². The van der Waals surface area contributed by atoms with Gasteiger partial charge in [-0.3, -0.25) is 9.59 Å². The second-order valence-corrected chi connectivity index (χ2v) is 16.5. The Hall–Kier alpha value is -5.00. The van der Waals surface area contributed by atoms with Crippen LogP contribution in [0.2, 0.25) is 5.02 Å². The normalized spacial score (nSPS) is 18.9. The fourth-order valence-corrected chi connectivity index (χ4v) is 7.89. The van der Waals surface area contributed by atoms with Crippen molar-refractivity contribution in [1.82, 2.24) is 14.6 Å². The van der Waals surface area contributed by atoms with Gasteiger partial charge in [0.2, 0.25) is 5.89 Å². The lowest BCUT2D eigenvalue weighted by Gasteiger charge is -2.42. The second kappa shape index (κ2) is 16.0. The summed E-state index contributed by atoms with van der Waals surface area (Å²) < 4.78 is 32.7. The van der Waals surface area contributed by atoms with Crippen molar-refractivity contribution in [2.75, 3.05) is 6.54 Å². The quantitative estimate of drug-likeness (QED) is 0.145. The third-order valence-corrected chi connectivity index (χ3v) is 11.6. The number of fused-ring (bicyclic) bond motifs is 1. The Morgan fingerprint density at radius 2 is 1.55 bits per heavy atom. The molecule has 15 nitrogen and oxygen atoms in total. The molecule has 0 bridgehead atoms. The third kappa shape index (κ3) is 8.04. The highest BCUT2D eigenvalue weighted by atomic mass is 35.5. The molecule has 292 valence electrons. The van der Waals surface area contributed by atoms with Gasteiger partial charge in [-0.05, 0) is 85.5 Å². The van der Waals surface area contributed by atoms with Gasteiger partial charge in [-0.15, -0.1) is 0 Å². The van der Waals surface area contributed by atoms with Crippen LogP contribution in [0.4, 0.5) is 4.79 Å². The molecule has 4 aromatic rings. The fraction of sp³-hybridized carbons (Fsp3) is 0.368. The first-order chi connectivity index (χ1) is 25.8. The molecule has 1 saturated heterocycles. The lowest BCUT2D eigenvalue weighted by atomic mass is 9.95. The predicted octanol–water partition coefficient (Wildman–Crippen LogP) is 5.13. The van der Waals surface area contributed by atoms with Crippen molar-refractivity contribution >= 4 is 62.4 Å². The number of carbonyl (C=O) groups is 5. The lowest BCUT2D eigenvalue weighted by Crippen LogP contribution is -2.70. The van der Waals surface area contributed by atoms with Crippen molar-refractivity contribution in [1.29, 1.82) is 0 Å². The van der Waals surface area contributed by atoms with E-state index in [-0.39, 0.29) is 51.0 Å². The van der Waals surface area contributed by atoms with Gasteiger partial charge in [0, 0.05) is 29.0 Å². The van der Waals surface area contributed by atoms with Gasteiger partial charge in [0.05, 0.1) is 23.0 Å². The maximum absolute atomic E-state index is 15.2. The van der Waals surface area contributed by atoms with Gasteiger partial charge < -0.3 is 20.4 Å². The Kier molecular flexibility index (Phi) is 12.0. The topological polar surface area (TPSA) is 227 Å². The largest absolute Gasteiger partial charge is 0.478 e. The van der Waals surface area contributed by atoms with E-state index in [1.807, 2.05) is 4.72 Å². The first-order valence-electron chi connectivity index (χ1n) is 17.6. The van der Waals surface area contributed by atoms with Crippen LogP contribution in [-0.4, -0.2) is 87.4 Å². The van der Waals surface area contributed by atoms with Gasteiger partial charge in [0.25, 0.3) is 21.8 Å². The number of halogens is 1. The Bertz CT molecular complexity index is 2240. The minimum atomic E-state index is -4.29. The van der Waals surface area contributed by atoms with E-state index in [4.69, 9.17) is 21.8 Å². The summed E-state index contributed by atoms with van der Waals surface area (Å²) in [6.45, 7) is 8.57. The molecule has 5 atom stereocenters. The van der Waals surface area contributed by atoms with Crippen molar-refractivity contribution < 1.29 is 51.5 Å². The van der Waals surface area contributed by atoms with E-state index in [9.17, 15) is 37.8 Å². The Morgan fingerprint density at radius 3 is 2.09 bits per heavy atom. The van der Waals surface area contributed by atoms with Crippen LogP contribution >= 0.6 is 11.6 Å².